The van der Waals surface area contributed by atoms with Crippen LogP contribution in [0.2, 0.25) is 0 Å². The van der Waals surface area contributed by atoms with Gasteiger partial charge in [0.15, 0.2) is 0 Å². The summed E-state index contributed by atoms with van der Waals surface area (Å²) in [5, 5.41) is 27.0. The highest BCUT2D eigenvalue weighted by Crippen LogP contribution is 2.13. The van der Waals surface area contributed by atoms with Crippen molar-refractivity contribution >= 4 is 0 Å². The Morgan fingerprint density at radius 2 is 1.82 bits per heavy atom. The minimum Gasteiger partial charge on any atom is -0.396 e. The van der Waals surface area contributed by atoms with Crippen LogP contribution >= 0.6 is 0 Å². The van der Waals surface area contributed by atoms with Crippen molar-refractivity contribution in [3.8, 4) is 0 Å². The fourth-order valence-electron chi connectivity index (χ4n) is 0.803. The fourth-order valence-corrected chi connectivity index (χ4v) is 0.803. The summed E-state index contributed by atoms with van der Waals surface area (Å²) in [4.78, 5) is 0. The molecule has 1 unspecified atom stereocenters. The molecule has 3 N–H and O–H groups in total. The number of aliphatic hydroxyl groups is 3. The maximum atomic E-state index is 9.28. The number of unbranched alkanes of at least 4 members (excludes halogenated alkanes) is 1. The van der Waals surface area contributed by atoms with Crippen LogP contribution in [0.5, 0.6) is 0 Å². The van der Waals surface area contributed by atoms with Crippen molar-refractivity contribution in [2.45, 2.75) is 44.8 Å². The molecule has 0 aromatic rings. The lowest BCUT2D eigenvalue weighted by Gasteiger charge is -2.24. The highest BCUT2D eigenvalue weighted by molar-refractivity contribution is 4.75. The van der Waals surface area contributed by atoms with E-state index in [9.17, 15) is 10.2 Å². The minimum atomic E-state index is -1.02. The molecule has 0 fully saturated rings. The molecular weight excluding hydrogens is 144 g/mol. The zero-order valence-electron chi connectivity index (χ0n) is 7.25. The third kappa shape index (κ3) is 5.18. The van der Waals surface area contributed by atoms with Crippen LogP contribution in [0.3, 0.4) is 0 Å². The van der Waals surface area contributed by atoms with Crippen molar-refractivity contribution in [2.75, 3.05) is 6.61 Å². The van der Waals surface area contributed by atoms with Crippen LogP contribution in [0, 0.1) is 0 Å². The van der Waals surface area contributed by atoms with Crippen molar-refractivity contribution in [1.29, 1.82) is 0 Å². The lowest BCUT2D eigenvalue weighted by Crippen LogP contribution is -2.35. The van der Waals surface area contributed by atoms with Gasteiger partial charge in [-0.3, -0.25) is 0 Å². The molecule has 0 aliphatic rings. The predicted molar refractivity (Wildman–Crippen MR) is 43.2 cm³/mol. The summed E-state index contributed by atoms with van der Waals surface area (Å²) in [6.45, 7) is 3.31. The average Bonchev–Trinajstić information content (AvgIpc) is 1.86. The largest absolute Gasteiger partial charge is 0.396 e. The van der Waals surface area contributed by atoms with E-state index >= 15 is 0 Å². The summed E-state index contributed by atoms with van der Waals surface area (Å²) >= 11 is 0. The highest BCUT2D eigenvalue weighted by Gasteiger charge is 2.23. The van der Waals surface area contributed by atoms with E-state index in [1.165, 1.54) is 0 Å². The van der Waals surface area contributed by atoms with Gasteiger partial charge in [0.25, 0.3) is 0 Å². The number of aliphatic hydroxyl groups excluding tert-OH is 2. The molecule has 1 atom stereocenters. The van der Waals surface area contributed by atoms with Crippen LogP contribution in [0.15, 0.2) is 0 Å². The van der Waals surface area contributed by atoms with Gasteiger partial charge in [0.2, 0.25) is 0 Å². The molecule has 3 nitrogen and oxygen atoms in total. The molecule has 0 aromatic carbocycles. The Balaban J connectivity index is 3.44. The van der Waals surface area contributed by atoms with Gasteiger partial charge in [0, 0.05) is 6.61 Å². The third-order valence-corrected chi connectivity index (χ3v) is 1.70. The number of hydrogen-bond acceptors (Lipinski definition) is 3. The lowest BCUT2D eigenvalue weighted by atomic mass is 9.97. The molecule has 0 rings (SSSR count). The standard InChI is InChI=1S/C8H18O3/c1-8(2,11)7(10)5-3-4-6-9/h7,9-11H,3-6H2,1-2H3. The van der Waals surface area contributed by atoms with Crippen molar-refractivity contribution in [1.82, 2.24) is 0 Å². The van der Waals surface area contributed by atoms with E-state index in [4.69, 9.17) is 5.11 Å². The van der Waals surface area contributed by atoms with Gasteiger partial charge in [0.05, 0.1) is 11.7 Å². The summed E-state index contributed by atoms with van der Waals surface area (Å²) in [6, 6.07) is 0. The predicted octanol–water partition coefficient (Wildman–Crippen LogP) is 0.281. The van der Waals surface area contributed by atoms with Gasteiger partial charge in [-0.05, 0) is 33.1 Å². The Hall–Kier alpha value is -0.120. The lowest BCUT2D eigenvalue weighted by molar-refractivity contribution is -0.0524. The zero-order chi connectivity index (χ0) is 8.91. The van der Waals surface area contributed by atoms with E-state index in [-0.39, 0.29) is 6.61 Å². The van der Waals surface area contributed by atoms with Crippen LogP contribution in [-0.4, -0.2) is 33.6 Å². The Kier molecular flexibility index (Phi) is 4.65. The number of rotatable bonds is 5. The van der Waals surface area contributed by atoms with Crippen LogP contribution in [0.1, 0.15) is 33.1 Å². The highest BCUT2D eigenvalue weighted by atomic mass is 16.3. The molecular formula is C8H18O3. The summed E-state index contributed by atoms with van der Waals surface area (Å²) < 4.78 is 0. The maximum absolute atomic E-state index is 9.28. The van der Waals surface area contributed by atoms with E-state index in [1.807, 2.05) is 0 Å². The quantitative estimate of drug-likeness (QED) is 0.509. The maximum Gasteiger partial charge on any atom is 0.0849 e. The summed E-state index contributed by atoms with van der Waals surface area (Å²) in [5.41, 5.74) is -1.02. The molecule has 0 aliphatic carbocycles. The molecule has 0 radical (unpaired) electrons. The van der Waals surface area contributed by atoms with Gasteiger partial charge in [0.1, 0.15) is 0 Å². The van der Waals surface area contributed by atoms with Crippen LogP contribution in [0.25, 0.3) is 0 Å². The van der Waals surface area contributed by atoms with Gasteiger partial charge in [-0.25, -0.2) is 0 Å². The Labute approximate surface area is 67.7 Å². The van der Waals surface area contributed by atoms with E-state index in [0.29, 0.717) is 12.8 Å². The topological polar surface area (TPSA) is 60.7 Å². The fraction of sp³-hybridized carbons (Fsp3) is 1.00. The van der Waals surface area contributed by atoms with Gasteiger partial charge in [-0.15, -0.1) is 0 Å². The Morgan fingerprint density at radius 3 is 2.18 bits per heavy atom. The molecule has 0 aliphatic heterocycles. The zero-order valence-corrected chi connectivity index (χ0v) is 7.25. The summed E-state index contributed by atoms with van der Waals surface area (Å²) in [5.74, 6) is 0. The number of hydrogen-bond donors (Lipinski definition) is 3. The monoisotopic (exact) mass is 162 g/mol. The SMILES string of the molecule is CC(C)(O)C(O)CCCCO. The molecule has 3 heteroatoms. The minimum absolute atomic E-state index is 0.151. The first-order valence-electron chi connectivity index (χ1n) is 3.99. The summed E-state index contributed by atoms with van der Waals surface area (Å²) in [6.07, 6.45) is 1.30. The molecule has 0 spiro atoms. The third-order valence-electron chi connectivity index (χ3n) is 1.70. The molecule has 68 valence electrons. The van der Waals surface area contributed by atoms with Gasteiger partial charge in [-0.2, -0.15) is 0 Å². The first-order chi connectivity index (χ1) is 4.98. The molecule has 0 heterocycles. The first kappa shape index (κ1) is 10.9. The van der Waals surface area contributed by atoms with Gasteiger partial charge < -0.3 is 15.3 Å². The van der Waals surface area contributed by atoms with Crippen molar-refractivity contribution in [3.63, 3.8) is 0 Å². The van der Waals surface area contributed by atoms with Crippen molar-refractivity contribution in [3.05, 3.63) is 0 Å². The first-order valence-corrected chi connectivity index (χ1v) is 3.99. The second-order valence-corrected chi connectivity index (χ2v) is 3.39. The summed E-state index contributed by atoms with van der Waals surface area (Å²) in [7, 11) is 0. The molecule has 0 amide bonds. The van der Waals surface area contributed by atoms with Crippen LogP contribution < -0.4 is 0 Å². The molecule has 11 heavy (non-hydrogen) atoms. The molecule has 0 bridgehead atoms. The van der Waals surface area contributed by atoms with Crippen LogP contribution in [-0.2, 0) is 0 Å². The van der Waals surface area contributed by atoms with Gasteiger partial charge >= 0.3 is 0 Å². The second-order valence-electron chi connectivity index (χ2n) is 3.39. The average molecular weight is 162 g/mol. The van der Waals surface area contributed by atoms with Crippen LogP contribution in [0.4, 0.5) is 0 Å². The molecule has 0 aromatic heterocycles. The van der Waals surface area contributed by atoms with Gasteiger partial charge in [-0.1, -0.05) is 0 Å². The van der Waals surface area contributed by atoms with E-state index in [2.05, 4.69) is 0 Å². The van der Waals surface area contributed by atoms with E-state index in [1.54, 1.807) is 13.8 Å². The smallest absolute Gasteiger partial charge is 0.0849 e. The Morgan fingerprint density at radius 1 is 1.27 bits per heavy atom. The van der Waals surface area contributed by atoms with Crippen molar-refractivity contribution < 1.29 is 15.3 Å². The second kappa shape index (κ2) is 4.70. The normalized spacial score (nSPS) is 15.0. The molecule has 0 saturated carbocycles. The van der Waals surface area contributed by atoms with E-state index < -0.39 is 11.7 Å². The Bertz CT molecular complexity index is 96.0. The van der Waals surface area contributed by atoms with Crippen molar-refractivity contribution in [2.24, 2.45) is 0 Å². The molecule has 0 saturated heterocycles. The van der Waals surface area contributed by atoms with E-state index in [0.717, 1.165) is 6.42 Å².